The predicted octanol–water partition coefficient (Wildman–Crippen LogP) is 3.31. The van der Waals surface area contributed by atoms with Gasteiger partial charge in [0.15, 0.2) is 0 Å². The van der Waals surface area contributed by atoms with Gasteiger partial charge in [-0.05, 0) is 36.0 Å². The van der Waals surface area contributed by atoms with E-state index in [2.05, 4.69) is 33.0 Å². The van der Waals surface area contributed by atoms with Crippen LogP contribution in [0.2, 0.25) is 0 Å². The van der Waals surface area contributed by atoms with Gasteiger partial charge in [-0.2, -0.15) is 0 Å². The van der Waals surface area contributed by atoms with Crippen LogP contribution in [0.1, 0.15) is 38.1 Å². The number of nitrogens with one attached hydrogen (secondary N) is 1. The summed E-state index contributed by atoms with van der Waals surface area (Å²) in [6.07, 6.45) is 0. The molecule has 3 N–H and O–H groups in total. The Labute approximate surface area is 128 Å². The Morgan fingerprint density at radius 2 is 1.76 bits per heavy atom. The number of carbonyl (C=O) groups is 1. The number of anilines is 2. The molecule has 0 atom stereocenters. The van der Waals surface area contributed by atoms with E-state index in [0.29, 0.717) is 29.0 Å². The highest BCUT2D eigenvalue weighted by atomic mass is 16.2. The number of amides is 1. The maximum atomic E-state index is 12.0. The first-order chi connectivity index (χ1) is 9.73. The van der Waals surface area contributed by atoms with Crippen molar-refractivity contribution in [2.75, 3.05) is 31.7 Å². The third-order valence-electron chi connectivity index (χ3n) is 3.95. The molecule has 118 valence electrons. The van der Waals surface area contributed by atoms with Crippen molar-refractivity contribution in [1.29, 1.82) is 0 Å². The van der Waals surface area contributed by atoms with E-state index in [1.807, 2.05) is 6.07 Å². The van der Waals surface area contributed by atoms with E-state index < -0.39 is 0 Å². The van der Waals surface area contributed by atoms with Gasteiger partial charge in [-0.25, -0.2) is 0 Å². The molecule has 0 aromatic heterocycles. The zero-order valence-corrected chi connectivity index (χ0v) is 14.1. The van der Waals surface area contributed by atoms with Crippen LogP contribution in [0.3, 0.4) is 0 Å². The molecule has 0 radical (unpaired) electrons. The maximum absolute atomic E-state index is 12.0. The monoisotopic (exact) mass is 291 g/mol. The number of nitrogen functional groups attached to an aromatic ring is 1. The molecule has 0 fully saturated rings. The summed E-state index contributed by atoms with van der Waals surface area (Å²) >= 11 is 0. The summed E-state index contributed by atoms with van der Waals surface area (Å²) in [5.74, 6) is 1.76. The van der Waals surface area contributed by atoms with E-state index in [9.17, 15) is 4.79 Å². The smallest absolute Gasteiger partial charge is 0.253 e. The average molecular weight is 291 g/mol. The number of rotatable bonds is 6. The summed E-state index contributed by atoms with van der Waals surface area (Å²) < 4.78 is 0. The van der Waals surface area contributed by atoms with E-state index in [0.717, 1.165) is 12.2 Å². The highest BCUT2D eigenvalue weighted by Crippen LogP contribution is 2.25. The van der Waals surface area contributed by atoms with Crippen molar-refractivity contribution >= 4 is 17.3 Å². The van der Waals surface area contributed by atoms with Gasteiger partial charge in [0, 0.05) is 26.2 Å². The molecular weight excluding hydrogens is 262 g/mol. The molecule has 4 nitrogen and oxygen atoms in total. The Morgan fingerprint density at radius 1 is 1.19 bits per heavy atom. The highest BCUT2D eigenvalue weighted by Gasteiger charge is 2.18. The number of nitrogens with zero attached hydrogens (tertiary/aromatic N) is 1. The normalized spacial score (nSPS) is 11.3. The Hall–Kier alpha value is -1.71. The molecule has 0 aliphatic heterocycles. The second-order valence-electron chi connectivity index (χ2n) is 6.53. The highest BCUT2D eigenvalue weighted by molar-refractivity contribution is 5.95. The van der Waals surface area contributed by atoms with Gasteiger partial charge in [0.2, 0.25) is 0 Å². The maximum Gasteiger partial charge on any atom is 0.253 e. The summed E-state index contributed by atoms with van der Waals surface area (Å²) in [4.78, 5) is 13.6. The van der Waals surface area contributed by atoms with Crippen LogP contribution in [-0.2, 0) is 0 Å². The topological polar surface area (TPSA) is 58.4 Å². The molecule has 0 heterocycles. The van der Waals surface area contributed by atoms with Crippen molar-refractivity contribution in [3.63, 3.8) is 0 Å². The molecule has 1 rings (SSSR count). The average Bonchev–Trinajstić information content (AvgIpc) is 2.39. The van der Waals surface area contributed by atoms with Gasteiger partial charge in [-0.3, -0.25) is 4.79 Å². The van der Waals surface area contributed by atoms with Gasteiger partial charge < -0.3 is 16.0 Å². The van der Waals surface area contributed by atoms with Gasteiger partial charge in [-0.15, -0.1) is 0 Å². The molecular formula is C17H29N3O. The number of hydrogen-bond donors (Lipinski definition) is 2. The minimum absolute atomic E-state index is 0.0117. The minimum atomic E-state index is -0.0117. The zero-order valence-electron chi connectivity index (χ0n) is 14.1. The third-order valence-corrected chi connectivity index (χ3v) is 3.95. The van der Waals surface area contributed by atoms with Crippen molar-refractivity contribution in [2.45, 2.75) is 27.7 Å². The van der Waals surface area contributed by atoms with E-state index >= 15 is 0 Å². The number of carbonyl (C=O) groups excluding carboxylic acids is 1. The molecule has 0 spiro atoms. The molecule has 0 saturated carbocycles. The summed E-state index contributed by atoms with van der Waals surface area (Å²) in [6, 6.07) is 5.40. The molecule has 0 aliphatic rings. The first kappa shape index (κ1) is 17.3. The number of nitrogens with two attached hydrogens (primary N) is 1. The molecule has 0 aliphatic carbocycles. The third kappa shape index (κ3) is 4.66. The number of hydrogen-bond acceptors (Lipinski definition) is 3. The summed E-state index contributed by atoms with van der Waals surface area (Å²) in [7, 11) is 3.50. The van der Waals surface area contributed by atoms with Crippen LogP contribution in [0.15, 0.2) is 18.2 Å². The Morgan fingerprint density at radius 3 is 2.24 bits per heavy atom. The quantitative estimate of drug-likeness (QED) is 0.791. The summed E-state index contributed by atoms with van der Waals surface area (Å²) in [6.45, 7) is 9.81. The molecule has 0 unspecified atom stereocenters. The second-order valence-corrected chi connectivity index (χ2v) is 6.53. The lowest BCUT2D eigenvalue weighted by molar-refractivity contribution is 0.0827. The van der Waals surface area contributed by atoms with E-state index in [1.54, 1.807) is 31.1 Å². The molecule has 0 bridgehead atoms. The molecule has 1 aromatic carbocycles. The van der Waals surface area contributed by atoms with Crippen molar-refractivity contribution in [2.24, 2.45) is 17.8 Å². The van der Waals surface area contributed by atoms with E-state index in [-0.39, 0.29) is 5.91 Å². The standard InChI is InChI=1S/C17H29N3O/c1-11(2)14(12(3)4)10-19-16-9-13(7-8-15(16)18)17(21)20(5)6/h7-9,11-12,14,19H,10,18H2,1-6H3. The lowest BCUT2D eigenvalue weighted by Gasteiger charge is -2.26. The molecule has 21 heavy (non-hydrogen) atoms. The van der Waals surface area contributed by atoms with Crippen LogP contribution in [0, 0.1) is 17.8 Å². The van der Waals surface area contributed by atoms with Gasteiger partial charge in [0.25, 0.3) is 5.91 Å². The summed E-state index contributed by atoms with van der Waals surface area (Å²) in [5.41, 5.74) is 8.19. The number of benzene rings is 1. The summed E-state index contributed by atoms with van der Waals surface area (Å²) in [5, 5.41) is 3.41. The first-order valence-electron chi connectivity index (χ1n) is 7.59. The van der Waals surface area contributed by atoms with Crippen molar-refractivity contribution in [3.05, 3.63) is 23.8 Å². The van der Waals surface area contributed by atoms with Crippen LogP contribution >= 0.6 is 0 Å². The fraction of sp³-hybridized carbons (Fsp3) is 0.588. The van der Waals surface area contributed by atoms with Gasteiger partial charge >= 0.3 is 0 Å². The zero-order chi connectivity index (χ0) is 16.2. The van der Waals surface area contributed by atoms with Crippen LogP contribution in [0.5, 0.6) is 0 Å². The fourth-order valence-electron chi connectivity index (χ4n) is 2.57. The van der Waals surface area contributed by atoms with Gasteiger partial charge in [-0.1, -0.05) is 27.7 Å². The lowest BCUT2D eigenvalue weighted by Crippen LogP contribution is -2.25. The van der Waals surface area contributed by atoms with Crippen molar-refractivity contribution < 1.29 is 4.79 Å². The Kier molecular flexibility index (Phi) is 6.06. The first-order valence-corrected chi connectivity index (χ1v) is 7.59. The van der Waals surface area contributed by atoms with E-state index in [1.165, 1.54) is 0 Å². The molecule has 1 aromatic rings. The van der Waals surface area contributed by atoms with Crippen LogP contribution in [0.4, 0.5) is 11.4 Å². The molecule has 1 amide bonds. The van der Waals surface area contributed by atoms with E-state index in [4.69, 9.17) is 5.73 Å². The predicted molar refractivity (Wildman–Crippen MR) is 90.5 cm³/mol. The minimum Gasteiger partial charge on any atom is -0.397 e. The van der Waals surface area contributed by atoms with Crippen molar-refractivity contribution in [1.82, 2.24) is 4.90 Å². The Bertz CT molecular complexity index is 473. The second kappa shape index (κ2) is 7.34. The largest absolute Gasteiger partial charge is 0.397 e. The Balaban J connectivity index is 2.88. The fourth-order valence-corrected chi connectivity index (χ4v) is 2.57. The molecule has 0 saturated heterocycles. The van der Waals surface area contributed by atoms with Crippen molar-refractivity contribution in [3.8, 4) is 0 Å². The van der Waals surface area contributed by atoms with Gasteiger partial charge in [0.1, 0.15) is 0 Å². The molecule has 4 heteroatoms. The van der Waals surface area contributed by atoms with Crippen LogP contribution in [-0.4, -0.2) is 31.4 Å². The lowest BCUT2D eigenvalue weighted by atomic mass is 9.85. The van der Waals surface area contributed by atoms with Gasteiger partial charge in [0.05, 0.1) is 11.4 Å². The van der Waals surface area contributed by atoms with Crippen LogP contribution < -0.4 is 11.1 Å². The SMILES string of the molecule is CC(C)C(CNc1cc(C(=O)N(C)C)ccc1N)C(C)C. The van der Waals surface area contributed by atoms with Crippen LogP contribution in [0.25, 0.3) is 0 Å².